The first-order valence-electron chi connectivity index (χ1n) is 10.5. The Hall–Kier alpha value is -3.06. The molecule has 4 aromatic rings. The number of benzene rings is 2. The number of aromatic nitrogens is 4. The molecule has 0 bridgehead atoms. The van der Waals surface area contributed by atoms with Crippen LogP contribution < -0.4 is 5.56 Å². The predicted molar refractivity (Wildman–Crippen MR) is 126 cm³/mol. The van der Waals surface area contributed by atoms with E-state index < -0.39 is 10.0 Å². The quantitative estimate of drug-likeness (QED) is 0.398. The number of morpholine rings is 1. The minimum Gasteiger partial charge on any atom is -0.411 e. The van der Waals surface area contributed by atoms with Gasteiger partial charge in [0.2, 0.25) is 15.9 Å². The zero-order valence-corrected chi connectivity index (χ0v) is 19.9. The van der Waals surface area contributed by atoms with Crippen LogP contribution in [0.3, 0.4) is 0 Å². The topological polar surface area (TPSA) is 131 Å². The molecule has 0 amide bonds. The largest absolute Gasteiger partial charge is 0.411 e. The lowest BCUT2D eigenvalue weighted by atomic mass is 10.1. The first-order valence-corrected chi connectivity index (χ1v) is 13.0. The number of hydrogen-bond donors (Lipinski definition) is 1. The number of aromatic amines is 1. The Bertz CT molecular complexity index is 1510. The number of rotatable bonds is 6. The molecule has 0 aliphatic carbocycles. The number of aryl methyl sites for hydroxylation is 1. The molecule has 0 saturated carbocycles. The van der Waals surface area contributed by atoms with Crippen LogP contribution in [0.2, 0.25) is 0 Å². The first-order chi connectivity index (χ1) is 16.4. The van der Waals surface area contributed by atoms with Crippen molar-refractivity contribution in [2.24, 2.45) is 0 Å². The molecule has 1 fully saturated rings. The second-order valence-corrected chi connectivity index (χ2v) is 10.6. The van der Waals surface area contributed by atoms with Crippen molar-refractivity contribution in [3.8, 4) is 11.5 Å². The van der Waals surface area contributed by atoms with Crippen molar-refractivity contribution in [3.63, 3.8) is 0 Å². The van der Waals surface area contributed by atoms with Crippen LogP contribution in [-0.4, -0.2) is 59.2 Å². The first kappa shape index (κ1) is 22.7. The van der Waals surface area contributed by atoms with E-state index in [-0.39, 0.29) is 21.6 Å². The fourth-order valence-corrected chi connectivity index (χ4v) is 5.75. The SMILES string of the molecule is Cc1cccc2c(=O)[nH]c(CSc3nnc(-c4cccc(S(=O)(=O)N5CCOCC5)c4)o3)nc12. The number of H-pyrrole nitrogens is 1. The van der Waals surface area contributed by atoms with Crippen LogP contribution in [0.4, 0.5) is 0 Å². The minimum atomic E-state index is -3.64. The molecule has 0 unspecified atom stereocenters. The standard InChI is InChI=1S/C22H21N5O5S2/c1-14-4-2-7-17-19(14)23-18(24-20(17)28)13-33-22-26-25-21(32-22)15-5-3-6-16(12-15)34(29,30)27-8-10-31-11-9-27/h2-7,12H,8-11,13H2,1H3,(H,23,24,28). The predicted octanol–water partition coefficient (Wildman–Crippen LogP) is 2.59. The maximum atomic E-state index is 12.9. The summed E-state index contributed by atoms with van der Waals surface area (Å²) in [4.78, 5) is 19.9. The van der Waals surface area contributed by atoms with Gasteiger partial charge in [-0.25, -0.2) is 13.4 Å². The van der Waals surface area contributed by atoms with Gasteiger partial charge in [-0.3, -0.25) is 4.79 Å². The lowest BCUT2D eigenvalue weighted by Crippen LogP contribution is -2.40. The van der Waals surface area contributed by atoms with Crippen LogP contribution in [0.5, 0.6) is 0 Å². The Labute approximate surface area is 199 Å². The van der Waals surface area contributed by atoms with E-state index in [4.69, 9.17) is 9.15 Å². The van der Waals surface area contributed by atoms with Crippen LogP contribution in [0.25, 0.3) is 22.4 Å². The highest BCUT2D eigenvalue weighted by Gasteiger charge is 2.27. The molecule has 2 aromatic carbocycles. The van der Waals surface area contributed by atoms with Crippen LogP contribution in [0.1, 0.15) is 11.4 Å². The molecular weight excluding hydrogens is 478 g/mol. The number of nitrogens with one attached hydrogen (secondary N) is 1. The van der Waals surface area contributed by atoms with Crippen molar-refractivity contribution < 1.29 is 17.6 Å². The number of fused-ring (bicyclic) bond motifs is 1. The lowest BCUT2D eigenvalue weighted by molar-refractivity contribution is 0.0730. The van der Waals surface area contributed by atoms with Crippen molar-refractivity contribution >= 4 is 32.7 Å². The van der Waals surface area contributed by atoms with Gasteiger partial charge in [-0.15, -0.1) is 10.2 Å². The monoisotopic (exact) mass is 499 g/mol. The van der Waals surface area contributed by atoms with Crippen molar-refractivity contribution in [3.05, 3.63) is 64.2 Å². The molecule has 34 heavy (non-hydrogen) atoms. The fourth-order valence-electron chi connectivity index (χ4n) is 3.66. The van der Waals surface area contributed by atoms with Crippen molar-refractivity contribution in [1.29, 1.82) is 0 Å². The van der Waals surface area contributed by atoms with Gasteiger partial charge in [-0.2, -0.15) is 4.31 Å². The number of para-hydroxylation sites is 1. The molecule has 10 nitrogen and oxygen atoms in total. The number of ether oxygens (including phenoxy) is 1. The summed E-state index contributed by atoms with van der Waals surface area (Å²) in [6.45, 7) is 3.29. The third kappa shape index (κ3) is 4.49. The summed E-state index contributed by atoms with van der Waals surface area (Å²) in [7, 11) is -3.64. The summed E-state index contributed by atoms with van der Waals surface area (Å²) in [5, 5.41) is 8.92. The van der Waals surface area contributed by atoms with E-state index in [1.807, 2.05) is 19.1 Å². The van der Waals surface area contributed by atoms with Gasteiger partial charge >= 0.3 is 0 Å². The Morgan fingerprint density at radius 2 is 1.91 bits per heavy atom. The van der Waals surface area contributed by atoms with Gasteiger partial charge < -0.3 is 14.1 Å². The highest BCUT2D eigenvalue weighted by atomic mass is 32.2. The Morgan fingerprint density at radius 3 is 2.74 bits per heavy atom. The van der Waals surface area contributed by atoms with E-state index in [0.717, 1.165) is 5.56 Å². The zero-order valence-electron chi connectivity index (χ0n) is 18.2. The molecule has 3 heterocycles. The van der Waals surface area contributed by atoms with Gasteiger partial charge in [0.25, 0.3) is 10.8 Å². The third-order valence-electron chi connectivity index (χ3n) is 5.41. The molecule has 176 valence electrons. The summed E-state index contributed by atoms with van der Waals surface area (Å²) in [6, 6.07) is 11.9. The van der Waals surface area contributed by atoms with Gasteiger partial charge in [0, 0.05) is 18.7 Å². The van der Waals surface area contributed by atoms with Gasteiger partial charge in [-0.1, -0.05) is 30.0 Å². The molecule has 12 heteroatoms. The van der Waals surface area contributed by atoms with Gasteiger partial charge in [0.15, 0.2) is 0 Å². The van der Waals surface area contributed by atoms with E-state index in [2.05, 4.69) is 20.2 Å². The van der Waals surface area contributed by atoms with Crippen LogP contribution in [0, 0.1) is 6.92 Å². The van der Waals surface area contributed by atoms with Gasteiger partial charge in [-0.05, 0) is 36.8 Å². The zero-order chi connectivity index (χ0) is 23.7. The number of hydrogen-bond acceptors (Lipinski definition) is 9. The average molecular weight is 500 g/mol. The van der Waals surface area contributed by atoms with Crippen molar-refractivity contribution in [2.75, 3.05) is 26.3 Å². The van der Waals surface area contributed by atoms with Crippen LogP contribution >= 0.6 is 11.8 Å². The smallest absolute Gasteiger partial charge is 0.277 e. The van der Waals surface area contributed by atoms with Gasteiger partial charge in [0.05, 0.1) is 34.8 Å². The van der Waals surface area contributed by atoms with Crippen LogP contribution in [-0.2, 0) is 20.5 Å². The van der Waals surface area contributed by atoms with E-state index in [0.29, 0.717) is 54.3 Å². The van der Waals surface area contributed by atoms with Crippen molar-refractivity contribution in [2.45, 2.75) is 22.8 Å². The molecule has 1 saturated heterocycles. The third-order valence-corrected chi connectivity index (χ3v) is 8.14. The maximum Gasteiger partial charge on any atom is 0.277 e. The number of nitrogens with zero attached hydrogens (tertiary/aromatic N) is 4. The fraction of sp³-hybridized carbons (Fsp3) is 0.273. The summed E-state index contributed by atoms with van der Waals surface area (Å²) in [6.07, 6.45) is 0. The minimum absolute atomic E-state index is 0.160. The van der Waals surface area contributed by atoms with Crippen molar-refractivity contribution in [1.82, 2.24) is 24.5 Å². The second kappa shape index (κ2) is 9.29. The molecule has 0 spiro atoms. The lowest BCUT2D eigenvalue weighted by Gasteiger charge is -2.26. The summed E-state index contributed by atoms with van der Waals surface area (Å²) < 4.78 is 38.3. The molecule has 1 aliphatic heterocycles. The Balaban J connectivity index is 1.34. The molecular formula is C22H21N5O5S2. The number of thioether (sulfide) groups is 1. The molecule has 0 radical (unpaired) electrons. The van der Waals surface area contributed by atoms with E-state index in [9.17, 15) is 13.2 Å². The Kier molecular flexibility index (Phi) is 6.21. The maximum absolute atomic E-state index is 12.9. The van der Waals surface area contributed by atoms with Crippen LogP contribution in [0.15, 0.2) is 61.8 Å². The number of sulfonamides is 1. The highest BCUT2D eigenvalue weighted by Crippen LogP contribution is 2.27. The average Bonchev–Trinajstić information content (AvgIpc) is 3.33. The summed E-state index contributed by atoms with van der Waals surface area (Å²) in [5.41, 5.74) is 1.88. The second-order valence-electron chi connectivity index (χ2n) is 7.69. The normalized spacial score (nSPS) is 15.1. The van der Waals surface area contributed by atoms with E-state index >= 15 is 0 Å². The molecule has 5 rings (SSSR count). The molecule has 1 aliphatic rings. The summed E-state index contributed by atoms with van der Waals surface area (Å²) in [5.74, 6) is 1.03. The van der Waals surface area contributed by atoms with E-state index in [1.165, 1.54) is 22.1 Å². The highest BCUT2D eigenvalue weighted by molar-refractivity contribution is 7.98. The molecule has 1 N–H and O–H groups in total. The summed E-state index contributed by atoms with van der Waals surface area (Å²) >= 11 is 1.23. The molecule has 2 aromatic heterocycles. The van der Waals surface area contributed by atoms with Gasteiger partial charge in [0.1, 0.15) is 5.82 Å². The van der Waals surface area contributed by atoms with E-state index in [1.54, 1.807) is 24.3 Å². The molecule has 0 atom stereocenters. The Morgan fingerprint density at radius 1 is 1.12 bits per heavy atom.